The molecule has 2 aromatic rings. The number of amidine groups is 1. The molecule has 30 heavy (non-hydrogen) atoms. The van der Waals surface area contributed by atoms with Gasteiger partial charge in [-0.05, 0) is 43.7 Å². The van der Waals surface area contributed by atoms with Gasteiger partial charge in [-0.2, -0.15) is 5.10 Å². The van der Waals surface area contributed by atoms with E-state index in [-0.39, 0.29) is 35.0 Å². The molecule has 0 spiro atoms. The smallest absolute Gasteiger partial charge is 0.240 e. The van der Waals surface area contributed by atoms with Crippen LogP contribution in [0.5, 0.6) is 0 Å². The summed E-state index contributed by atoms with van der Waals surface area (Å²) >= 11 is 1.11. The average Bonchev–Trinajstić information content (AvgIpc) is 3.06. The van der Waals surface area contributed by atoms with Crippen molar-refractivity contribution in [1.29, 1.82) is 0 Å². The number of ketones is 1. The van der Waals surface area contributed by atoms with Gasteiger partial charge in [-0.25, -0.2) is 4.39 Å². The van der Waals surface area contributed by atoms with Crippen molar-refractivity contribution in [2.24, 2.45) is 10.2 Å². The van der Waals surface area contributed by atoms with E-state index in [0.29, 0.717) is 22.5 Å². The second kappa shape index (κ2) is 9.45. The van der Waals surface area contributed by atoms with Gasteiger partial charge < -0.3 is 10.6 Å². The first kappa shape index (κ1) is 21.4. The van der Waals surface area contributed by atoms with Gasteiger partial charge in [0.05, 0.1) is 5.71 Å². The highest BCUT2D eigenvalue weighted by Gasteiger charge is 2.32. The van der Waals surface area contributed by atoms with Crippen LogP contribution in [0.3, 0.4) is 0 Å². The van der Waals surface area contributed by atoms with Crippen LogP contribution in [-0.2, 0) is 9.59 Å². The molecule has 2 amide bonds. The van der Waals surface area contributed by atoms with Crippen molar-refractivity contribution >= 4 is 45.9 Å². The highest BCUT2D eigenvalue weighted by Crippen LogP contribution is 2.23. The Hall–Kier alpha value is -3.33. The van der Waals surface area contributed by atoms with Crippen molar-refractivity contribution < 1.29 is 18.8 Å². The summed E-state index contributed by atoms with van der Waals surface area (Å²) < 4.78 is 13.0. The minimum Gasteiger partial charge on any atom is -0.326 e. The summed E-state index contributed by atoms with van der Waals surface area (Å²) in [5.74, 6) is -1.13. The number of benzene rings is 2. The third-order valence-corrected chi connectivity index (χ3v) is 5.33. The summed E-state index contributed by atoms with van der Waals surface area (Å²) in [4.78, 5) is 35.9. The van der Waals surface area contributed by atoms with Gasteiger partial charge in [0.25, 0.3) is 0 Å². The quantitative estimate of drug-likeness (QED) is 0.420. The second-order valence-corrected chi connectivity index (χ2v) is 7.77. The van der Waals surface area contributed by atoms with Crippen molar-refractivity contribution in [2.45, 2.75) is 25.5 Å². The van der Waals surface area contributed by atoms with E-state index in [1.54, 1.807) is 43.3 Å². The fourth-order valence-corrected chi connectivity index (χ4v) is 3.57. The van der Waals surface area contributed by atoms with Crippen LogP contribution in [0.4, 0.5) is 10.1 Å². The lowest BCUT2D eigenvalue weighted by Gasteiger charge is -2.08. The summed E-state index contributed by atoms with van der Waals surface area (Å²) in [5.41, 5.74) is 2.25. The van der Waals surface area contributed by atoms with Gasteiger partial charge in [0.1, 0.15) is 11.1 Å². The molecule has 1 aliphatic heterocycles. The number of nitrogens with zero attached hydrogens (tertiary/aromatic N) is 2. The van der Waals surface area contributed by atoms with Crippen molar-refractivity contribution in [3.63, 3.8) is 0 Å². The van der Waals surface area contributed by atoms with Crippen LogP contribution in [0.2, 0.25) is 0 Å². The van der Waals surface area contributed by atoms with E-state index in [0.717, 1.165) is 11.8 Å². The normalized spacial score (nSPS) is 17.7. The van der Waals surface area contributed by atoms with Gasteiger partial charge in [0.15, 0.2) is 11.0 Å². The van der Waals surface area contributed by atoms with E-state index in [2.05, 4.69) is 20.8 Å². The summed E-state index contributed by atoms with van der Waals surface area (Å²) in [6, 6.07) is 12.4. The predicted molar refractivity (Wildman–Crippen MR) is 115 cm³/mol. The SMILES string of the molecule is CC(=O)c1cccc(NC(=O)C[C@H]2S/C(=N/N=C(/C)c3ccc(F)cc3)NC2=O)c1. The molecule has 0 aromatic heterocycles. The van der Waals surface area contributed by atoms with E-state index in [4.69, 9.17) is 0 Å². The molecule has 154 valence electrons. The second-order valence-electron chi connectivity index (χ2n) is 6.58. The van der Waals surface area contributed by atoms with Crippen LogP contribution in [0.1, 0.15) is 36.2 Å². The third kappa shape index (κ3) is 5.60. The Kier molecular flexibility index (Phi) is 6.73. The lowest BCUT2D eigenvalue weighted by atomic mass is 10.1. The lowest BCUT2D eigenvalue weighted by Crippen LogP contribution is -2.28. The Morgan fingerprint density at radius 3 is 2.57 bits per heavy atom. The van der Waals surface area contributed by atoms with Gasteiger partial charge in [0, 0.05) is 17.7 Å². The van der Waals surface area contributed by atoms with E-state index in [1.165, 1.54) is 19.1 Å². The summed E-state index contributed by atoms with van der Waals surface area (Å²) in [6.45, 7) is 3.17. The van der Waals surface area contributed by atoms with Crippen LogP contribution in [0, 0.1) is 5.82 Å². The zero-order valence-corrected chi connectivity index (χ0v) is 17.1. The van der Waals surface area contributed by atoms with E-state index in [9.17, 15) is 18.8 Å². The lowest BCUT2D eigenvalue weighted by molar-refractivity contribution is -0.122. The number of anilines is 1. The predicted octanol–water partition coefficient (Wildman–Crippen LogP) is 3.37. The van der Waals surface area contributed by atoms with E-state index < -0.39 is 5.25 Å². The summed E-state index contributed by atoms with van der Waals surface area (Å²) in [6.07, 6.45) is -0.0551. The first-order chi connectivity index (χ1) is 14.3. The maximum atomic E-state index is 13.0. The van der Waals surface area contributed by atoms with Crippen LogP contribution in [0.25, 0.3) is 0 Å². The molecule has 0 unspecified atom stereocenters. The Balaban J connectivity index is 1.60. The number of hydrogen-bond acceptors (Lipinski definition) is 6. The highest BCUT2D eigenvalue weighted by atomic mass is 32.2. The van der Waals surface area contributed by atoms with Gasteiger partial charge in [-0.15, -0.1) is 5.10 Å². The number of Topliss-reactive ketones (excluding diaryl/α,β-unsaturated/α-hetero) is 1. The van der Waals surface area contributed by atoms with Gasteiger partial charge in [-0.3, -0.25) is 14.4 Å². The molecule has 2 N–H and O–H groups in total. The third-order valence-electron chi connectivity index (χ3n) is 4.25. The molecule has 1 atom stereocenters. The molecule has 2 aromatic carbocycles. The van der Waals surface area contributed by atoms with Crippen molar-refractivity contribution in [1.82, 2.24) is 5.32 Å². The zero-order chi connectivity index (χ0) is 21.7. The molecular formula is C21H19FN4O3S. The fraction of sp³-hybridized carbons (Fsp3) is 0.190. The Morgan fingerprint density at radius 1 is 1.13 bits per heavy atom. The largest absolute Gasteiger partial charge is 0.326 e. The highest BCUT2D eigenvalue weighted by molar-refractivity contribution is 8.15. The van der Waals surface area contributed by atoms with Crippen LogP contribution in [-0.4, -0.2) is 33.7 Å². The maximum absolute atomic E-state index is 13.0. The zero-order valence-electron chi connectivity index (χ0n) is 16.3. The molecule has 1 heterocycles. The first-order valence-corrected chi connectivity index (χ1v) is 9.96. The molecule has 0 bridgehead atoms. The monoisotopic (exact) mass is 426 g/mol. The number of halogens is 1. The number of nitrogens with one attached hydrogen (secondary N) is 2. The molecule has 1 saturated heterocycles. The molecule has 1 aliphatic rings. The van der Waals surface area contributed by atoms with Gasteiger partial charge in [0.2, 0.25) is 11.8 Å². The average molecular weight is 426 g/mol. The minimum absolute atomic E-state index is 0.0551. The number of thioether (sulfide) groups is 1. The molecule has 0 aliphatic carbocycles. The Bertz CT molecular complexity index is 1050. The minimum atomic E-state index is -0.638. The summed E-state index contributed by atoms with van der Waals surface area (Å²) in [5, 5.41) is 13.0. The van der Waals surface area contributed by atoms with Gasteiger partial charge in [-0.1, -0.05) is 36.0 Å². The maximum Gasteiger partial charge on any atom is 0.240 e. The Labute approximate surface area is 176 Å². The first-order valence-electron chi connectivity index (χ1n) is 9.08. The standard InChI is InChI=1S/C21H19FN4O3S/c1-12(14-6-8-16(22)9-7-14)25-26-21-24-20(29)18(30-21)11-19(28)23-17-5-3-4-15(10-17)13(2)27/h3-10,18H,11H2,1-2H3,(H,23,28)(H,24,26,29)/b25-12-/t18-/m1/s1. The van der Waals surface area contributed by atoms with E-state index in [1.807, 2.05) is 0 Å². The number of hydrogen-bond donors (Lipinski definition) is 2. The molecule has 0 saturated carbocycles. The molecular weight excluding hydrogens is 407 g/mol. The molecule has 1 fully saturated rings. The molecule has 3 rings (SSSR count). The van der Waals surface area contributed by atoms with Crippen LogP contribution in [0.15, 0.2) is 58.7 Å². The number of carbonyl (C=O) groups excluding carboxylic acids is 3. The topological polar surface area (TPSA) is 100.0 Å². The number of amides is 2. The number of rotatable bonds is 6. The summed E-state index contributed by atoms with van der Waals surface area (Å²) in [7, 11) is 0. The number of carbonyl (C=O) groups is 3. The Morgan fingerprint density at radius 2 is 1.87 bits per heavy atom. The van der Waals surface area contributed by atoms with Crippen LogP contribution < -0.4 is 10.6 Å². The fourth-order valence-electron chi connectivity index (χ4n) is 2.65. The molecule has 7 nitrogen and oxygen atoms in total. The molecule has 0 radical (unpaired) electrons. The van der Waals surface area contributed by atoms with Crippen molar-refractivity contribution in [3.05, 3.63) is 65.5 Å². The van der Waals surface area contributed by atoms with Crippen LogP contribution >= 0.6 is 11.8 Å². The van der Waals surface area contributed by atoms with Crippen molar-refractivity contribution in [2.75, 3.05) is 5.32 Å². The molecule has 9 heteroatoms. The van der Waals surface area contributed by atoms with E-state index >= 15 is 0 Å². The van der Waals surface area contributed by atoms with Gasteiger partial charge >= 0.3 is 0 Å². The van der Waals surface area contributed by atoms with Crippen molar-refractivity contribution in [3.8, 4) is 0 Å².